The van der Waals surface area contributed by atoms with E-state index in [1.807, 2.05) is 85.8 Å². The summed E-state index contributed by atoms with van der Waals surface area (Å²) in [5.74, 6) is 1.09. The number of aromatic nitrogens is 1. The fourth-order valence-corrected chi connectivity index (χ4v) is 4.96. The number of oxazole rings is 1. The molecule has 0 unspecified atom stereocenters. The molecular weight excluding hydrogens is 492 g/mol. The lowest BCUT2D eigenvalue weighted by Crippen LogP contribution is -2.65. The van der Waals surface area contributed by atoms with Crippen LogP contribution in [0.15, 0.2) is 83.3 Å². The van der Waals surface area contributed by atoms with Crippen LogP contribution >= 0.6 is 0 Å². The number of carbonyl (C=O) groups excluding carboxylic acids is 2. The quantitative estimate of drug-likeness (QED) is 0.199. The number of carbonyl (C=O) groups is 2. The SMILES string of the molecule is CCc1ccc(N2C(=O)[C@H](Cc3cccc(OCCc4nc(-c5ccccc5)oc4C)c3)[C@@H]2C(=O)OC)cc1. The first kappa shape index (κ1) is 26.2. The van der Waals surface area contributed by atoms with E-state index in [0.29, 0.717) is 36.8 Å². The molecule has 0 aliphatic carbocycles. The molecule has 1 fully saturated rings. The van der Waals surface area contributed by atoms with Crippen molar-refractivity contribution >= 4 is 17.6 Å². The minimum absolute atomic E-state index is 0.0864. The molecule has 0 bridgehead atoms. The van der Waals surface area contributed by atoms with Crippen molar-refractivity contribution in [3.05, 3.63) is 101 Å². The van der Waals surface area contributed by atoms with Gasteiger partial charge in [0.15, 0.2) is 0 Å². The summed E-state index contributed by atoms with van der Waals surface area (Å²) in [6.45, 7) is 4.41. The van der Waals surface area contributed by atoms with Crippen LogP contribution in [0.1, 0.15) is 29.5 Å². The highest BCUT2D eigenvalue weighted by Gasteiger charge is 2.52. The summed E-state index contributed by atoms with van der Waals surface area (Å²) in [5.41, 5.74) is 4.60. The molecule has 0 saturated carbocycles. The van der Waals surface area contributed by atoms with Crippen molar-refractivity contribution in [3.63, 3.8) is 0 Å². The van der Waals surface area contributed by atoms with Crippen molar-refractivity contribution in [3.8, 4) is 17.2 Å². The lowest BCUT2D eigenvalue weighted by molar-refractivity contribution is -0.152. The van der Waals surface area contributed by atoms with Crippen LogP contribution in [-0.2, 0) is 33.6 Å². The summed E-state index contributed by atoms with van der Waals surface area (Å²) in [6.07, 6.45) is 1.93. The Labute approximate surface area is 228 Å². The van der Waals surface area contributed by atoms with Gasteiger partial charge in [0.05, 0.1) is 25.3 Å². The summed E-state index contributed by atoms with van der Waals surface area (Å²) in [4.78, 5) is 32.0. The van der Waals surface area contributed by atoms with Gasteiger partial charge in [-0.1, -0.05) is 49.4 Å². The van der Waals surface area contributed by atoms with Gasteiger partial charge in [0.1, 0.15) is 17.6 Å². The topological polar surface area (TPSA) is 81.9 Å². The van der Waals surface area contributed by atoms with Crippen LogP contribution < -0.4 is 9.64 Å². The standard InChI is InChI=1S/C32H32N2O5/c1-4-22-13-15-25(16-14-22)34-29(32(36)37-3)27(31(34)35)20-23-9-8-12-26(19-23)38-18-17-28-21(2)39-30(33-28)24-10-6-5-7-11-24/h5-16,19,27,29H,4,17-18,20H2,1-3H3/t27-,29-/m1/s1. The van der Waals surface area contributed by atoms with E-state index in [0.717, 1.165) is 29.0 Å². The third-order valence-corrected chi connectivity index (χ3v) is 7.15. The van der Waals surface area contributed by atoms with Crippen LogP contribution in [0.3, 0.4) is 0 Å². The predicted molar refractivity (Wildman–Crippen MR) is 149 cm³/mol. The average molecular weight is 525 g/mol. The van der Waals surface area contributed by atoms with E-state index in [2.05, 4.69) is 11.9 Å². The van der Waals surface area contributed by atoms with Gasteiger partial charge in [-0.2, -0.15) is 0 Å². The molecule has 1 aliphatic rings. The Morgan fingerprint density at radius 3 is 2.49 bits per heavy atom. The number of amides is 1. The summed E-state index contributed by atoms with van der Waals surface area (Å²) >= 11 is 0. The fraction of sp³-hybridized carbons (Fsp3) is 0.281. The fourth-order valence-electron chi connectivity index (χ4n) is 4.96. The maximum Gasteiger partial charge on any atom is 0.329 e. The number of aryl methyl sites for hydroxylation is 2. The van der Waals surface area contributed by atoms with Crippen molar-refractivity contribution in [2.75, 3.05) is 18.6 Å². The van der Waals surface area contributed by atoms with Crippen molar-refractivity contribution in [2.24, 2.45) is 5.92 Å². The molecule has 0 radical (unpaired) electrons. The smallest absolute Gasteiger partial charge is 0.329 e. The number of methoxy groups -OCH3 is 1. The van der Waals surface area contributed by atoms with Gasteiger partial charge in [0.25, 0.3) is 0 Å². The van der Waals surface area contributed by atoms with E-state index in [1.165, 1.54) is 12.7 Å². The molecule has 1 amide bonds. The van der Waals surface area contributed by atoms with Gasteiger partial charge in [-0.05, 0) is 67.3 Å². The first-order valence-electron chi connectivity index (χ1n) is 13.2. The van der Waals surface area contributed by atoms with Crippen LogP contribution in [0, 0.1) is 12.8 Å². The average Bonchev–Trinajstić information content (AvgIpc) is 3.35. The third-order valence-electron chi connectivity index (χ3n) is 7.15. The highest BCUT2D eigenvalue weighted by atomic mass is 16.5. The largest absolute Gasteiger partial charge is 0.493 e. The van der Waals surface area contributed by atoms with Crippen LogP contribution in [0.4, 0.5) is 5.69 Å². The molecule has 4 aromatic rings. The number of hydrogen-bond acceptors (Lipinski definition) is 6. The maximum absolute atomic E-state index is 13.2. The summed E-state index contributed by atoms with van der Waals surface area (Å²) in [7, 11) is 1.36. The van der Waals surface area contributed by atoms with Crippen LogP contribution in [0.2, 0.25) is 0 Å². The molecule has 7 heteroatoms. The van der Waals surface area contributed by atoms with Gasteiger partial charge in [-0.15, -0.1) is 0 Å². The van der Waals surface area contributed by atoms with E-state index >= 15 is 0 Å². The molecule has 1 saturated heterocycles. The lowest BCUT2D eigenvalue weighted by Gasteiger charge is -2.45. The van der Waals surface area contributed by atoms with Crippen molar-refractivity contribution in [1.29, 1.82) is 0 Å². The summed E-state index contributed by atoms with van der Waals surface area (Å²) < 4.78 is 16.9. The minimum atomic E-state index is -0.659. The monoisotopic (exact) mass is 524 g/mol. The summed E-state index contributed by atoms with van der Waals surface area (Å²) in [6, 6.07) is 24.5. The summed E-state index contributed by atoms with van der Waals surface area (Å²) in [5, 5.41) is 0. The van der Waals surface area contributed by atoms with Gasteiger partial charge in [-0.3, -0.25) is 9.69 Å². The molecule has 39 heavy (non-hydrogen) atoms. The third kappa shape index (κ3) is 5.58. The molecule has 0 spiro atoms. The van der Waals surface area contributed by atoms with E-state index in [9.17, 15) is 9.59 Å². The molecule has 200 valence electrons. The Hall–Kier alpha value is -4.39. The van der Waals surface area contributed by atoms with E-state index in [4.69, 9.17) is 13.9 Å². The van der Waals surface area contributed by atoms with Crippen molar-refractivity contribution in [2.45, 2.75) is 39.2 Å². The Balaban J connectivity index is 1.22. The number of ether oxygens (including phenoxy) is 2. The Bertz CT molecular complexity index is 1450. The normalized spacial score (nSPS) is 16.6. The van der Waals surface area contributed by atoms with Crippen LogP contribution in [0.5, 0.6) is 5.75 Å². The molecule has 0 N–H and O–H groups in total. The highest BCUT2D eigenvalue weighted by Crippen LogP contribution is 2.36. The zero-order valence-electron chi connectivity index (χ0n) is 22.4. The number of rotatable bonds is 10. The highest BCUT2D eigenvalue weighted by molar-refractivity contribution is 6.10. The first-order valence-corrected chi connectivity index (χ1v) is 13.2. The molecule has 1 aliphatic heterocycles. The molecule has 2 atom stereocenters. The number of β-lactam (4-membered cyclic amide) rings is 1. The molecular formula is C32H32N2O5. The van der Waals surface area contributed by atoms with Gasteiger partial charge < -0.3 is 13.9 Å². The molecule has 7 nitrogen and oxygen atoms in total. The van der Waals surface area contributed by atoms with Crippen molar-refractivity contribution < 1.29 is 23.5 Å². The number of esters is 1. The van der Waals surface area contributed by atoms with Crippen molar-refractivity contribution in [1.82, 2.24) is 4.98 Å². The number of benzene rings is 3. The molecule has 3 aromatic carbocycles. The Morgan fingerprint density at radius 2 is 1.77 bits per heavy atom. The van der Waals surface area contributed by atoms with E-state index < -0.39 is 17.9 Å². The lowest BCUT2D eigenvalue weighted by atomic mass is 9.81. The van der Waals surface area contributed by atoms with E-state index in [-0.39, 0.29) is 5.91 Å². The maximum atomic E-state index is 13.2. The van der Waals surface area contributed by atoms with Gasteiger partial charge in [-0.25, -0.2) is 9.78 Å². The zero-order chi connectivity index (χ0) is 27.4. The second-order valence-corrected chi connectivity index (χ2v) is 9.64. The number of hydrogen-bond donors (Lipinski definition) is 0. The number of nitrogens with zero attached hydrogens (tertiary/aromatic N) is 2. The van der Waals surface area contributed by atoms with Crippen LogP contribution in [-0.4, -0.2) is 36.6 Å². The molecule has 5 rings (SSSR count). The zero-order valence-corrected chi connectivity index (χ0v) is 22.4. The Kier molecular flexibility index (Phi) is 7.77. The second kappa shape index (κ2) is 11.6. The van der Waals surface area contributed by atoms with Gasteiger partial charge in [0.2, 0.25) is 11.8 Å². The predicted octanol–water partition coefficient (Wildman–Crippen LogP) is 5.58. The van der Waals surface area contributed by atoms with Gasteiger partial charge >= 0.3 is 5.97 Å². The molecule has 1 aromatic heterocycles. The number of anilines is 1. The second-order valence-electron chi connectivity index (χ2n) is 9.64. The minimum Gasteiger partial charge on any atom is -0.493 e. The van der Waals surface area contributed by atoms with E-state index in [1.54, 1.807) is 4.90 Å². The van der Waals surface area contributed by atoms with Gasteiger partial charge in [0, 0.05) is 17.7 Å². The molecule has 2 heterocycles. The first-order chi connectivity index (χ1) is 19.0. The van der Waals surface area contributed by atoms with Crippen LogP contribution in [0.25, 0.3) is 11.5 Å². The Morgan fingerprint density at radius 1 is 1.00 bits per heavy atom.